The van der Waals surface area contributed by atoms with Gasteiger partial charge in [0.2, 0.25) is 10.0 Å². The number of aldehydes is 1. The van der Waals surface area contributed by atoms with Crippen LogP contribution in [0.4, 0.5) is 15.8 Å². The lowest BCUT2D eigenvalue weighted by Crippen LogP contribution is -2.34. The number of rotatable bonds is 8. The number of para-hydroxylation sites is 1. The van der Waals surface area contributed by atoms with Crippen molar-refractivity contribution in [3.63, 3.8) is 0 Å². The highest BCUT2D eigenvalue weighted by Crippen LogP contribution is 2.35. The van der Waals surface area contributed by atoms with E-state index in [1.54, 1.807) is 18.2 Å². The van der Waals surface area contributed by atoms with E-state index in [0.29, 0.717) is 46.4 Å². The van der Waals surface area contributed by atoms with E-state index < -0.39 is 15.8 Å². The van der Waals surface area contributed by atoms with Crippen molar-refractivity contribution < 1.29 is 22.0 Å². The van der Waals surface area contributed by atoms with E-state index in [9.17, 15) is 17.6 Å². The average Bonchev–Trinajstić information content (AvgIpc) is 3.34. The number of carbonyl (C=O) groups is 1. The summed E-state index contributed by atoms with van der Waals surface area (Å²) in [6.45, 7) is 2.68. The molecule has 7 nitrogen and oxygen atoms in total. The zero-order chi connectivity index (χ0) is 30.5. The first kappa shape index (κ1) is 32.0. The summed E-state index contributed by atoms with van der Waals surface area (Å²) >= 11 is 0. The van der Waals surface area contributed by atoms with Gasteiger partial charge in [-0.05, 0) is 69.6 Å². The highest BCUT2D eigenvalue weighted by atomic mass is 32.2. The second-order valence-electron chi connectivity index (χ2n) is 9.43. The fraction of sp³-hybridized carbons (Fsp3) is 0.182. The van der Waals surface area contributed by atoms with Gasteiger partial charge in [0, 0.05) is 29.2 Å². The molecule has 42 heavy (non-hydrogen) atoms. The number of sulfonamides is 1. The molecule has 0 radical (unpaired) electrons. The van der Waals surface area contributed by atoms with Crippen LogP contribution in [0.1, 0.15) is 15.9 Å². The topological polar surface area (TPSA) is 91.7 Å². The van der Waals surface area contributed by atoms with E-state index in [0.717, 1.165) is 11.9 Å². The van der Waals surface area contributed by atoms with Gasteiger partial charge in [0.15, 0.2) is 6.29 Å². The highest BCUT2D eigenvalue weighted by molar-refractivity contribution is 7.92. The van der Waals surface area contributed by atoms with Gasteiger partial charge in [0.05, 0.1) is 24.1 Å². The molecule has 5 rings (SSSR count). The van der Waals surface area contributed by atoms with E-state index in [2.05, 4.69) is 29.7 Å². The van der Waals surface area contributed by atoms with Gasteiger partial charge >= 0.3 is 0 Å². The lowest BCUT2D eigenvalue weighted by molar-refractivity contribution is 0.112. The van der Waals surface area contributed by atoms with Crippen LogP contribution in [0.5, 0.6) is 0 Å². The molecule has 0 spiro atoms. The number of nitrogens with one attached hydrogen (secondary N) is 2. The zero-order valence-electron chi connectivity index (χ0n) is 24.2. The van der Waals surface area contributed by atoms with E-state index in [1.807, 2.05) is 62.6 Å². The second-order valence-corrected chi connectivity index (χ2v) is 11.3. The molecule has 0 aliphatic carbocycles. The third-order valence-corrected chi connectivity index (χ3v) is 7.18. The third kappa shape index (κ3) is 9.02. The number of fused-ring (bicyclic) bond motifs is 1. The summed E-state index contributed by atoms with van der Waals surface area (Å²) < 4.78 is 45.4. The quantitative estimate of drug-likeness (QED) is 0.194. The molecule has 0 aliphatic heterocycles. The van der Waals surface area contributed by atoms with Crippen molar-refractivity contribution in [2.24, 2.45) is 0 Å². The van der Waals surface area contributed by atoms with Gasteiger partial charge in [-0.1, -0.05) is 54.1 Å². The van der Waals surface area contributed by atoms with Gasteiger partial charge in [-0.3, -0.25) is 9.10 Å². The maximum Gasteiger partial charge on any atom is 0.232 e. The molecule has 0 atom stereocenters. The molecule has 5 aromatic rings. The monoisotopic (exact) mass is 589 g/mol. The standard InChI is InChI=1S/C24H21FN2O4S.C7H8.C2H7N/c1-32(29,30)27(14-13-26-19-5-3-2-4-6-19)20-11-12-21-22(16-28)24(31-23(21)15-20)17-7-9-18(25)10-8-17;1-7-5-3-2-4-6-7;1-3-2/h2-12,15-16,26H,13-14H2,1H3;2-6H,1H3;3H,1-2H3. The van der Waals surface area contributed by atoms with Gasteiger partial charge in [0.1, 0.15) is 17.2 Å². The molecule has 0 aliphatic rings. The summed E-state index contributed by atoms with van der Waals surface area (Å²) in [6, 6.07) is 30.3. The number of halogens is 1. The Morgan fingerprint density at radius 2 is 1.48 bits per heavy atom. The predicted octanol–water partition coefficient (Wildman–Crippen LogP) is 6.76. The molecule has 220 valence electrons. The van der Waals surface area contributed by atoms with E-state index in [1.165, 1.54) is 34.1 Å². The van der Waals surface area contributed by atoms with Crippen molar-refractivity contribution in [2.75, 3.05) is 43.1 Å². The number of aryl methyl sites for hydroxylation is 1. The molecule has 0 amide bonds. The molecule has 9 heteroatoms. The molecule has 0 bridgehead atoms. The summed E-state index contributed by atoms with van der Waals surface area (Å²) in [7, 11) is 0.184. The SMILES string of the molecule is CNC.CS(=O)(=O)N(CCNc1ccccc1)c1ccc2c(C=O)c(-c3ccc(F)cc3)oc2c1.Cc1ccccc1. The molecular formula is C33H36FN3O4S. The van der Waals surface area contributed by atoms with Crippen LogP contribution in [-0.4, -0.2) is 48.1 Å². The van der Waals surface area contributed by atoms with E-state index in [4.69, 9.17) is 4.42 Å². The summed E-state index contributed by atoms with van der Waals surface area (Å²) in [5.74, 6) is -0.0866. The molecule has 4 aromatic carbocycles. The minimum atomic E-state index is -3.57. The Labute approximate surface area is 247 Å². The number of nitrogens with zero attached hydrogens (tertiary/aromatic N) is 1. The van der Waals surface area contributed by atoms with Gasteiger partial charge < -0.3 is 15.1 Å². The van der Waals surface area contributed by atoms with Crippen LogP contribution < -0.4 is 14.9 Å². The van der Waals surface area contributed by atoms with Gasteiger partial charge in [-0.25, -0.2) is 12.8 Å². The van der Waals surface area contributed by atoms with Crippen LogP contribution in [0.2, 0.25) is 0 Å². The Kier molecular flexibility index (Phi) is 11.8. The second kappa shape index (κ2) is 15.5. The fourth-order valence-corrected chi connectivity index (χ4v) is 4.99. The minimum absolute atomic E-state index is 0.200. The molecule has 2 N–H and O–H groups in total. The molecule has 0 fully saturated rings. The number of hydrogen-bond acceptors (Lipinski definition) is 6. The first-order valence-corrected chi connectivity index (χ1v) is 15.2. The summed E-state index contributed by atoms with van der Waals surface area (Å²) in [6.07, 6.45) is 1.82. The Morgan fingerprint density at radius 3 is 2.00 bits per heavy atom. The Morgan fingerprint density at radius 1 is 0.881 bits per heavy atom. The van der Waals surface area contributed by atoms with Crippen LogP contribution in [0.15, 0.2) is 108 Å². The summed E-state index contributed by atoms with van der Waals surface area (Å²) in [5, 5.41) is 6.50. The van der Waals surface area contributed by atoms with Crippen molar-refractivity contribution in [2.45, 2.75) is 6.92 Å². The van der Waals surface area contributed by atoms with Crippen LogP contribution >= 0.6 is 0 Å². The van der Waals surface area contributed by atoms with Crippen molar-refractivity contribution in [1.82, 2.24) is 5.32 Å². The Bertz CT molecular complexity index is 1660. The summed E-state index contributed by atoms with van der Waals surface area (Å²) in [5.41, 5.74) is 3.89. The van der Waals surface area contributed by atoms with Crippen LogP contribution in [0, 0.1) is 12.7 Å². The molecule has 0 saturated heterocycles. The summed E-state index contributed by atoms with van der Waals surface area (Å²) in [4.78, 5) is 11.7. The molecule has 0 unspecified atom stereocenters. The Balaban J connectivity index is 0.000000413. The van der Waals surface area contributed by atoms with Gasteiger partial charge in [0.25, 0.3) is 0 Å². The number of anilines is 2. The number of furan rings is 1. The minimum Gasteiger partial charge on any atom is -0.455 e. The molecular weight excluding hydrogens is 553 g/mol. The zero-order valence-corrected chi connectivity index (χ0v) is 25.0. The molecule has 1 heterocycles. The largest absolute Gasteiger partial charge is 0.455 e. The van der Waals surface area contributed by atoms with Crippen LogP contribution in [0.3, 0.4) is 0 Å². The highest BCUT2D eigenvalue weighted by Gasteiger charge is 2.21. The smallest absolute Gasteiger partial charge is 0.232 e. The van der Waals surface area contributed by atoms with Crippen LogP contribution in [0.25, 0.3) is 22.3 Å². The van der Waals surface area contributed by atoms with Crippen molar-refractivity contribution in [3.05, 3.63) is 120 Å². The number of hydrogen-bond donors (Lipinski definition) is 2. The van der Waals surface area contributed by atoms with E-state index >= 15 is 0 Å². The fourth-order valence-electron chi connectivity index (χ4n) is 4.07. The van der Waals surface area contributed by atoms with Gasteiger partial charge in [-0.15, -0.1) is 0 Å². The first-order chi connectivity index (χ1) is 20.2. The maximum absolute atomic E-state index is 13.3. The Hall–Kier alpha value is -4.47. The van der Waals surface area contributed by atoms with E-state index in [-0.39, 0.29) is 6.54 Å². The maximum atomic E-state index is 13.3. The third-order valence-electron chi connectivity index (χ3n) is 5.98. The lowest BCUT2D eigenvalue weighted by Gasteiger charge is -2.22. The van der Waals surface area contributed by atoms with Crippen LogP contribution in [-0.2, 0) is 10.0 Å². The van der Waals surface area contributed by atoms with Crippen molar-refractivity contribution in [3.8, 4) is 11.3 Å². The number of benzene rings is 4. The lowest BCUT2D eigenvalue weighted by atomic mass is 10.1. The van der Waals surface area contributed by atoms with Crippen molar-refractivity contribution >= 4 is 38.7 Å². The average molecular weight is 590 g/mol. The molecule has 1 aromatic heterocycles. The predicted molar refractivity (Wildman–Crippen MR) is 170 cm³/mol. The van der Waals surface area contributed by atoms with Gasteiger partial charge in [-0.2, -0.15) is 0 Å². The number of carbonyl (C=O) groups excluding carboxylic acids is 1. The molecule has 0 saturated carbocycles. The first-order valence-electron chi connectivity index (χ1n) is 13.3. The van der Waals surface area contributed by atoms with Crippen molar-refractivity contribution in [1.29, 1.82) is 0 Å². The normalized spacial score (nSPS) is 10.6.